The normalized spacial score (nSPS) is 31.9. The summed E-state index contributed by atoms with van der Waals surface area (Å²) >= 11 is 0. The van der Waals surface area contributed by atoms with Crippen LogP contribution in [0.15, 0.2) is 0 Å². The number of aliphatic hydroxyl groups is 1. The van der Waals surface area contributed by atoms with Gasteiger partial charge in [0.2, 0.25) is 0 Å². The molecule has 3 aliphatic rings. The van der Waals surface area contributed by atoms with Crippen molar-refractivity contribution in [3.63, 3.8) is 0 Å². The quantitative estimate of drug-likeness (QED) is 0.374. The van der Waals surface area contributed by atoms with E-state index in [9.17, 15) is 9.90 Å². The van der Waals surface area contributed by atoms with Gasteiger partial charge < -0.3 is 9.84 Å². The molecule has 0 aromatic carbocycles. The van der Waals surface area contributed by atoms with Gasteiger partial charge >= 0.3 is 5.97 Å². The Hall–Kier alpha value is -0.570. The van der Waals surface area contributed by atoms with E-state index in [2.05, 4.69) is 13.8 Å². The minimum absolute atomic E-state index is 0.153. The van der Waals surface area contributed by atoms with Crippen LogP contribution in [0, 0.1) is 35.5 Å². The highest BCUT2D eigenvalue weighted by Crippen LogP contribution is 2.60. The van der Waals surface area contributed by atoms with Crippen LogP contribution in [0.1, 0.15) is 97.8 Å². The van der Waals surface area contributed by atoms with Crippen molar-refractivity contribution in [2.45, 2.75) is 97.8 Å². The standard InChI is InChI=1S/C13H26O2.C11H18O/c1-4-6-7-8-9-10-13(5-2)11-15-12(3)14;12-6-8-4-7-5-11(8)10-3-1-2-9(7)10/h13H,4-11H2,1-3H3;7-12H,1-6H2. The first kappa shape index (κ1) is 22.7. The molecule has 27 heavy (non-hydrogen) atoms. The molecule has 0 saturated heterocycles. The molecule has 3 heteroatoms. The van der Waals surface area contributed by atoms with Crippen LogP contribution >= 0.6 is 0 Å². The Bertz CT molecular complexity index is 420. The van der Waals surface area contributed by atoms with E-state index < -0.39 is 0 Å². The van der Waals surface area contributed by atoms with Crippen LogP contribution in [0.4, 0.5) is 0 Å². The Balaban J connectivity index is 0.000000196. The number of carbonyl (C=O) groups is 1. The lowest BCUT2D eigenvalue weighted by Crippen LogP contribution is -2.26. The molecule has 158 valence electrons. The third kappa shape index (κ3) is 6.76. The summed E-state index contributed by atoms with van der Waals surface area (Å²) in [6.07, 6.45) is 16.2. The molecule has 0 radical (unpaired) electrons. The Kier molecular flexibility index (Phi) is 10.2. The van der Waals surface area contributed by atoms with Crippen LogP contribution in [0.3, 0.4) is 0 Å². The van der Waals surface area contributed by atoms with Crippen molar-refractivity contribution in [3.8, 4) is 0 Å². The molecule has 0 aliphatic heterocycles. The van der Waals surface area contributed by atoms with Crippen molar-refractivity contribution in [1.82, 2.24) is 0 Å². The molecule has 0 amide bonds. The largest absolute Gasteiger partial charge is 0.466 e. The van der Waals surface area contributed by atoms with Gasteiger partial charge in [0.15, 0.2) is 0 Å². The highest BCUT2D eigenvalue weighted by Gasteiger charge is 2.53. The molecule has 3 fully saturated rings. The van der Waals surface area contributed by atoms with Crippen LogP contribution in [0.5, 0.6) is 0 Å². The van der Waals surface area contributed by atoms with Crippen LogP contribution in [0.25, 0.3) is 0 Å². The number of carbonyl (C=O) groups excluding carboxylic acids is 1. The van der Waals surface area contributed by atoms with Gasteiger partial charge in [0.05, 0.1) is 6.61 Å². The van der Waals surface area contributed by atoms with E-state index in [1.54, 1.807) is 0 Å². The minimum Gasteiger partial charge on any atom is -0.466 e. The van der Waals surface area contributed by atoms with Crippen molar-refractivity contribution in [2.24, 2.45) is 35.5 Å². The van der Waals surface area contributed by atoms with Gasteiger partial charge in [0.1, 0.15) is 0 Å². The van der Waals surface area contributed by atoms with Crippen molar-refractivity contribution in [1.29, 1.82) is 0 Å². The minimum atomic E-state index is -0.153. The summed E-state index contributed by atoms with van der Waals surface area (Å²) in [5.74, 6) is 5.15. The average molecular weight is 381 g/mol. The third-order valence-electron chi connectivity index (χ3n) is 7.62. The molecule has 3 aliphatic carbocycles. The lowest BCUT2D eigenvalue weighted by molar-refractivity contribution is -0.142. The molecule has 3 rings (SSSR count). The number of aliphatic hydroxyl groups excluding tert-OH is 1. The van der Waals surface area contributed by atoms with Gasteiger partial charge in [-0.05, 0) is 67.6 Å². The van der Waals surface area contributed by atoms with E-state index in [4.69, 9.17) is 4.74 Å². The van der Waals surface area contributed by atoms with E-state index in [0.29, 0.717) is 25.0 Å². The van der Waals surface area contributed by atoms with E-state index >= 15 is 0 Å². The average Bonchev–Trinajstić information content (AvgIpc) is 3.37. The zero-order chi connectivity index (χ0) is 19.6. The highest BCUT2D eigenvalue weighted by molar-refractivity contribution is 5.65. The highest BCUT2D eigenvalue weighted by atomic mass is 16.5. The number of hydrogen-bond acceptors (Lipinski definition) is 3. The second-order valence-corrected chi connectivity index (χ2v) is 9.38. The van der Waals surface area contributed by atoms with Gasteiger partial charge in [-0.2, -0.15) is 0 Å². The van der Waals surface area contributed by atoms with Crippen molar-refractivity contribution < 1.29 is 14.6 Å². The molecule has 0 heterocycles. The van der Waals surface area contributed by atoms with Crippen molar-refractivity contribution in [2.75, 3.05) is 13.2 Å². The second-order valence-electron chi connectivity index (χ2n) is 9.38. The molecule has 1 N–H and O–H groups in total. The number of ether oxygens (including phenoxy) is 1. The maximum atomic E-state index is 10.7. The summed E-state index contributed by atoms with van der Waals surface area (Å²) in [5.41, 5.74) is 0. The van der Waals surface area contributed by atoms with Gasteiger partial charge in [0.25, 0.3) is 0 Å². The van der Waals surface area contributed by atoms with Gasteiger partial charge in [-0.15, -0.1) is 0 Å². The fourth-order valence-electron chi connectivity index (χ4n) is 6.10. The number of hydrogen-bond donors (Lipinski definition) is 1. The lowest BCUT2D eigenvalue weighted by atomic mass is 9.76. The van der Waals surface area contributed by atoms with Gasteiger partial charge in [-0.3, -0.25) is 4.79 Å². The Morgan fingerprint density at radius 1 is 1.04 bits per heavy atom. The van der Waals surface area contributed by atoms with Gasteiger partial charge in [0, 0.05) is 13.5 Å². The SMILES string of the molecule is CCCCCCCC(CC)COC(C)=O.OCC1CC2CC1C1CCCC21. The Labute approximate surface area is 167 Å². The third-order valence-corrected chi connectivity index (χ3v) is 7.62. The Morgan fingerprint density at radius 2 is 1.78 bits per heavy atom. The first-order valence-electron chi connectivity index (χ1n) is 11.8. The van der Waals surface area contributed by atoms with E-state index in [1.807, 2.05) is 0 Å². The van der Waals surface area contributed by atoms with Gasteiger partial charge in [-0.25, -0.2) is 0 Å². The van der Waals surface area contributed by atoms with E-state index in [-0.39, 0.29) is 5.97 Å². The zero-order valence-corrected chi connectivity index (χ0v) is 18.1. The molecular weight excluding hydrogens is 336 g/mol. The lowest BCUT2D eigenvalue weighted by Gasteiger charge is -2.30. The summed E-state index contributed by atoms with van der Waals surface area (Å²) in [5, 5.41) is 9.21. The molecule has 3 saturated carbocycles. The molecule has 0 aromatic rings. The smallest absolute Gasteiger partial charge is 0.302 e. The fraction of sp³-hybridized carbons (Fsp3) is 0.958. The number of unbranched alkanes of at least 4 members (excludes halogenated alkanes) is 4. The Morgan fingerprint density at radius 3 is 2.44 bits per heavy atom. The topological polar surface area (TPSA) is 46.5 Å². The number of fused-ring (bicyclic) bond motifs is 5. The molecule has 0 aromatic heterocycles. The summed E-state index contributed by atoms with van der Waals surface area (Å²) in [6.45, 7) is 6.95. The summed E-state index contributed by atoms with van der Waals surface area (Å²) in [6, 6.07) is 0. The maximum Gasteiger partial charge on any atom is 0.302 e. The monoisotopic (exact) mass is 380 g/mol. The maximum absolute atomic E-state index is 10.7. The first-order chi connectivity index (χ1) is 13.1. The second kappa shape index (κ2) is 12.1. The number of esters is 1. The van der Waals surface area contributed by atoms with E-state index in [1.165, 1.54) is 77.6 Å². The van der Waals surface area contributed by atoms with Crippen LogP contribution in [-0.2, 0) is 9.53 Å². The summed E-state index contributed by atoms with van der Waals surface area (Å²) in [4.78, 5) is 10.7. The van der Waals surface area contributed by atoms with Crippen LogP contribution in [-0.4, -0.2) is 24.3 Å². The summed E-state index contributed by atoms with van der Waals surface area (Å²) in [7, 11) is 0. The van der Waals surface area contributed by atoms with Crippen molar-refractivity contribution >= 4 is 5.97 Å². The molecular formula is C24H44O3. The zero-order valence-electron chi connectivity index (χ0n) is 18.1. The fourth-order valence-corrected chi connectivity index (χ4v) is 6.10. The molecule has 6 atom stereocenters. The van der Waals surface area contributed by atoms with Crippen LogP contribution < -0.4 is 0 Å². The molecule has 6 unspecified atom stereocenters. The molecule has 2 bridgehead atoms. The predicted octanol–water partition coefficient (Wildman–Crippen LogP) is 5.99. The van der Waals surface area contributed by atoms with E-state index in [0.717, 1.165) is 30.1 Å². The molecule has 0 spiro atoms. The number of rotatable bonds is 10. The first-order valence-corrected chi connectivity index (χ1v) is 11.8. The summed E-state index contributed by atoms with van der Waals surface area (Å²) < 4.78 is 5.03. The predicted molar refractivity (Wildman–Crippen MR) is 111 cm³/mol. The van der Waals surface area contributed by atoms with Gasteiger partial charge in [-0.1, -0.05) is 58.8 Å². The van der Waals surface area contributed by atoms with Crippen molar-refractivity contribution in [3.05, 3.63) is 0 Å². The van der Waals surface area contributed by atoms with Crippen LogP contribution in [0.2, 0.25) is 0 Å². The molecule has 3 nitrogen and oxygen atoms in total.